The maximum Gasteiger partial charge on any atom is 0.251 e. The number of nitrogens with one attached hydrogen (secondary N) is 1. The molecule has 0 radical (unpaired) electrons. The SMILES string of the molecule is CCC(O)CCNC(=O)c1ccc(Br)c(O)c1. The van der Waals surface area contributed by atoms with E-state index in [4.69, 9.17) is 0 Å². The molecule has 0 aliphatic heterocycles. The summed E-state index contributed by atoms with van der Waals surface area (Å²) in [4.78, 5) is 11.7. The molecule has 5 heteroatoms. The highest BCUT2D eigenvalue weighted by molar-refractivity contribution is 9.10. The Balaban J connectivity index is 2.50. The average Bonchev–Trinajstić information content (AvgIpc) is 2.32. The van der Waals surface area contributed by atoms with Crippen LogP contribution in [0.25, 0.3) is 0 Å². The fraction of sp³-hybridized carbons (Fsp3) is 0.417. The number of hydrogen-bond acceptors (Lipinski definition) is 3. The molecule has 0 heterocycles. The summed E-state index contributed by atoms with van der Waals surface area (Å²) >= 11 is 3.14. The first-order valence-corrected chi connectivity index (χ1v) is 6.28. The van der Waals surface area contributed by atoms with Gasteiger partial charge < -0.3 is 15.5 Å². The molecule has 0 aliphatic rings. The second kappa shape index (κ2) is 6.61. The van der Waals surface area contributed by atoms with Crippen LogP contribution in [-0.4, -0.2) is 28.8 Å². The van der Waals surface area contributed by atoms with Crippen molar-refractivity contribution < 1.29 is 15.0 Å². The molecule has 3 N–H and O–H groups in total. The van der Waals surface area contributed by atoms with Gasteiger partial charge in [-0.1, -0.05) is 6.92 Å². The van der Waals surface area contributed by atoms with Gasteiger partial charge in [-0.05, 0) is 47.0 Å². The highest BCUT2D eigenvalue weighted by Gasteiger charge is 2.08. The summed E-state index contributed by atoms with van der Waals surface area (Å²) < 4.78 is 0.551. The first-order valence-electron chi connectivity index (χ1n) is 5.49. The van der Waals surface area contributed by atoms with E-state index in [1.807, 2.05) is 6.92 Å². The second-order valence-electron chi connectivity index (χ2n) is 3.77. The number of carbonyl (C=O) groups is 1. The lowest BCUT2D eigenvalue weighted by Crippen LogP contribution is -2.26. The van der Waals surface area contributed by atoms with Crippen LogP contribution in [0.5, 0.6) is 5.75 Å². The lowest BCUT2D eigenvalue weighted by atomic mass is 10.2. The Hall–Kier alpha value is -1.07. The molecule has 1 atom stereocenters. The molecule has 0 aromatic heterocycles. The normalized spacial score (nSPS) is 12.2. The van der Waals surface area contributed by atoms with Gasteiger partial charge in [-0.2, -0.15) is 0 Å². The second-order valence-corrected chi connectivity index (χ2v) is 4.63. The number of amides is 1. The molecule has 0 bridgehead atoms. The third kappa shape index (κ3) is 4.36. The number of hydrogen-bond donors (Lipinski definition) is 3. The van der Waals surface area contributed by atoms with Crippen molar-refractivity contribution in [3.63, 3.8) is 0 Å². The molecule has 1 aromatic carbocycles. The first kappa shape index (κ1) is 14.0. The Labute approximate surface area is 109 Å². The number of rotatable bonds is 5. The lowest BCUT2D eigenvalue weighted by Gasteiger charge is -2.09. The van der Waals surface area contributed by atoms with E-state index in [0.717, 1.165) is 0 Å². The van der Waals surface area contributed by atoms with Crippen molar-refractivity contribution in [3.05, 3.63) is 28.2 Å². The quantitative estimate of drug-likeness (QED) is 0.779. The molecule has 0 saturated heterocycles. The van der Waals surface area contributed by atoms with Crippen molar-refractivity contribution in [3.8, 4) is 5.75 Å². The van der Waals surface area contributed by atoms with Crippen LogP contribution in [0.3, 0.4) is 0 Å². The minimum atomic E-state index is -0.381. The smallest absolute Gasteiger partial charge is 0.251 e. The summed E-state index contributed by atoms with van der Waals surface area (Å²) in [6.07, 6.45) is 0.827. The number of aromatic hydroxyl groups is 1. The first-order chi connectivity index (χ1) is 8.04. The zero-order valence-electron chi connectivity index (χ0n) is 9.61. The number of benzene rings is 1. The Morgan fingerprint density at radius 2 is 2.24 bits per heavy atom. The van der Waals surface area contributed by atoms with E-state index >= 15 is 0 Å². The fourth-order valence-corrected chi connectivity index (χ4v) is 1.56. The molecule has 1 rings (SSSR count). The van der Waals surface area contributed by atoms with Crippen LogP contribution in [0, 0.1) is 0 Å². The molecule has 0 saturated carbocycles. The summed E-state index contributed by atoms with van der Waals surface area (Å²) in [5.74, 6) is -0.220. The number of carbonyl (C=O) groups excluding carboxylic acids is 1. The highest BCUT2D eigenvalue weighted by atomic mass is 79.9. The predicted octanol–water partition coefficient (Wildman–Crippen LogP) is 2.05. The van der Waals surface area contributed by atoms with Crippen molar-refractivity contribution in [1.29, 1.82) is 0 Å². The number of phenols is 1. The van der Waals surface area contributed by atoms with Crippen LogP contribution < -0.4 is 5.32 Å². The molecule has 1 amide bonds. The van der Waals surface area contributed by atoms with Gasteiger partial charge in [0.2, 0.25) is 0 Å². The molecule has 0 fully saturated rings. The topological polar surface area (TPSA) is 69.6 Å². The molecule has 1 unspecified atom stereocenters. The van der Waals surface area contributed by atoms with Gasteiger partial charge in [0.25, 0.3) is 5.91 Å². The van der Waals surface area contributed by atoms with Crippen molar-refractivity contribution in [2.75, 3.05) is 6.54 Å². The molecule has 0 spiro atoms. The van der Waals surface area contributed by atoms with E-state index < -0.39 is 0 Å². The average molecular weight is 302 g/mol. The van der Waals surface area contributed by atoms with Crippen molar-refractivity contribution in [1.82, 2.24) is 5.32 Å². The van der Waals surface area contributed by atoms with E-state index in [9.17, 15) is 15.0 Å². The highest BCUT2D eigenvalue weighted by Crippen LogP contribution is 2.24. The van der Waals surface area contributed by atoms with E-state index in [1.54, 1.807) is 12.1 Å². The van der Waals surface area contributed by atoms with E-state index in [2.05, 4.69) is 21.2 Å². The van der Waals surface area contributed by atoms with Gasteiger partial charge >= 0.3 is 0 Å². The van der Waals surface area contributed by atoms with Crippen molar-refractivity contribution >= 4 is 21.8 Å². The largest absolute Gasteiger partial charge is 0.507 e. The number of aliphatic hydroxyl groups is 1. The monoisotopic (exact) mass is 301 g/mol. The molecule has 94 valence electrons. The summed E-state index contributed by atoms with van der Waals surface area (Å²) in [5.41, 5.74) is 0.400. The zero-order valence-corrected chi connectivity index (χ0v) is 11.2. The van der Waals surface area contributed by atoms with Gasteiger partial charge in [0, 0.05) is 12.1 Å². The van der Waals surface area contributed by atoms with Gasteiger partial charge in [0.15, 0.2) is 0 Å². The minimum absolute atomic E-state index is 0.0336. The van der Waals surface area contributed by atoms with Crippen LogP contribution in [0.15, 0.2) is 22.7 Å². The third-order valence-corrected chi connectivity index (χ3v) is 3.11. The van der Waals surface area contributed by atoms with Crippen LogP contribution in [0.2, 0.25) is 0 Å². The van der Waals surface area contributed by atoms with E-state index in [1.165, 1.54) is 6.07 Å². The van der Waals surface area contributed by atoms with Gasteiger partial charge in [-0.15, -0.1) is 0 Å². The van der Waals surface area contributed by atoms with Gasteiger partial charge in [0.05, 0.1) is 10.6 Å². The summed E-state index contributed by atoms with van der Waals surface area (Å²) in [7, 11) is 0. The molecule has 4 nitrogen and oxygen atoms in total. The maximum atomic E-state index is 11.7. The molecule has 17 heavy (non-hydrogen) atoms. The Morgan fingerprint density at radius 3 is 2.82 bits per heavy atom. The Kier molecular flexibility index (Phi) is 5.44. The van der Waals surface area contributed by atoms with Crippen LogP contribution in [0.4, 0.5) is 0 Å². The van der Waals surface area contributed by atoms with Crippen LogP contribution in [0.1, 0.15) is 30.1 Å². The van der Waals surface area contributed by atoms with Crippen molar-refractivity contribution in [2.45, 2.75) is 25.9 Å². The van der Waals surface area contributed by atoms with Gasteiger partial charge in [0.1, 0.15) is 5.75 Å². The summed E-state index contributed by atoms with van der Waals surface area (Å²) in [6, 6.07) is 4.64. The van der Waals surface area contributed by atoms with E-state index in [-0.39, 0.29) is 17.8 Å². The van der Waals surface area contributed by atoms with E-state index in [0.29, 0.717) is 29.4 Å². The number of phenolic OH excluding ortho intramolecular Hbond substituents is 1. The lowest BCUT2D eigenvalue weighted by molar-refractivity contribution is 0.0941. The molecule has 1 aromatic rings. The number of aliphatic hydroxyl groups excluding tert-OH is 1. The fourth-order valence-electron chi connectivity index (χ4n) is 1.31. The minimum Gasteiger partial charge on any atom is -0.507 e. The molecule has 0 aliphatic carbocycles. The molecular formula is C12H16BrNO3. The predicted molar refractivity (Wildman–Crippen MR) is 69.1 cm³/mol. The molecular weight excluding hydrogens is 286 g/mol. The Bertz CT molecular complexity index is 395. The third-order valence-electron chi connectivity index (χ3n) is 2.44. The summed E-state index contributed by atoms with van der Waals surface area (Å²) in [6.45, 7) is 2.31. The Morgan fingerprint density at radius 1 is 1.53 bits per heavy atom. The van der Waals surface area contributed by atoms with Crippen molar-refractivity contribution in [2.24, 2.45) is 0 Å². The van der Waals surface area contributed by atoms with Gasteiger partial charge in [-0.3, -0.25) is 4.79 Å². The zero-order chi connectivity index (χ0) is 12.8. The summed E-state index contributed by atoms with van der Waals surface area (Å²) in [5, 5.41) is 21.4. The number of halogens is 1. The standard InChI is InChI=1S/C12H16BrNO3/c1-2-9(15)5-6-14-12(17)8-3-4-10(13)11(16)7-8/h3-4,7,9,15-16H,2,5-6H2,1H3,(H,14,17). The van der Waals surface area contributed by atoms with Crippen LogP contribution >= 0.6 is 15.9 Å². The van der Waals surface area contributed by atoms with Gasteiger partial charge in [-0.25, -0.2) is 0 Å². The maximum absolute atomic E-state index is 11.7. The van der Waals surface area contributed by atoms with Crippen LogP contribution in [-0.2, 0) is 0 Å².